The average Bonchev–Trinajstić information content (AvgIpc) is 3.68. The SMILES string of the molecule is C[C@H](CCC(=O)O)[C@H]1CC[C@H]2[C@@H]3[C@H](O)C[C@@H]4C[C@H](OC(=O)CC[C@@H](C)[C@H]5CCC6C7CCC8CCCC[C@]8(C)C7CC[C@@]65C)CC[C@]4(C)[C@H]3C[C@H](O)[C@]12C. The van der Waals surface area contributed by atoms with Crippen LogP contribution in [0.1, 0.15) is 176 Å². The molecule has 19 atom stereocenters. The van der Waals surface area contributed by atoms with Crippen molar-refractivity contribution in [2.24, 2.45) is 92.7 Å². The van der Waals surface area contributed by atoms with Crippen LogP contribution in [0, 0.1) is 92.7 Å². The van der Waals surface area contributed by atoms with Gasteiger partial charge in [0.1, 0.15) is 6.10 Å². The predicted octanol–water partition coefficient (Wildman–Crippen LogP) is 10.5. The summed E-state index contributed by atoms with van der Waals surface area (Å²) in [7, 11) is 0. The Morgan fingerprint density at radius 3 is 2.09 bits per heavy atom. The van der Waals surface area contributed by atoms with Crippen molar-refractivity contribution in [2.75, 3.05) is 0 Å². The molecule has 4 unspecified atom stereocenters. The van der Waals surface area contributed by atoms with Crippen molar-refractivity contribution in [3.05, 3.63) is 0 Å². The molecule has 0 radical (unpaired) electrons. The first kappa shape index (κ1) is 39.7. The van der Waals surface area contributed by atoms with Gasteiger partial charge in [-0.25, -0.2) is 0 Å². The number of hydrogen-bond acceptors (Lipinski definition) is 5. The monoisotopic (exact) mass is 751 g/mol. The number of hydrogen-bond donors (Lipinski definition) is 3. The number of aliphatic carboxylic acids is 1. The first-order valence-corrected chi connectivity index (χ1v) is 23.4. The van der Waals surface area contributed by atoms with E-state index < -0.39 is 18.2 Å². The number of fused-ring (bicyclic) bond motifs is 10. The smallest absolute Gasteiger partial charge is 0.306 e. The lowest BCUT2D eigenvalue weighted by Gasteiger charge is -2.63. The zero-order valence-electron chi connectivity index (χ0n) is 35.1. The summed E-state index contributed by atoms with van der Waals surface area (Å²) in [6.07, 6.45) is 21.9. The maximum atomic E-state index is 13.5. The Morgan fingerprint density at radius 2 is 1.31 bits per heavy atom. The molecular formula is C48H78O6. The predicted molar refractivity (Wildman–Crippen MR) is 212 cm³/mol. The van der Waals surface area contributed by atoms with Gasteiger partial charge in [-0.15, -0.1) is 0 Å². The number of aliphatic hydroxyl groups excluding tert-OH is 2. The van der Waals surface area contributed by atoms with E-state index in [9.17, 15) is 24.9 Å². The van der Waals surface area contributed by atoms with Crippen LogP contribution in [0.25, 0.3) is 0 Å². The standard InChI is InChI=1S/C48H78O6/c1-28(34-14-16-36-33-13-12-30-9-7-8-22-45(30,3)37(33)21-24-47(34,36)5)11-19-43(53)54-32-20-23-46(4)31(25-32)26-40(49)44-38-17-15-35(29(2)10-18-42(51)52)48(38,6)41(50)27-39(44)46/h28-41,44,49-50H,7-27H2,1-6H3,(H,51,52)/t28-,29-,30?,31+,32-,33?,34-,35-,36?,37?,38+,39+,40-,41+,44+,45+,46+,47-,48-/m1/s1. The van der Waals surface area contributed by atoms with Crippen molar-refractivity contribution >= 4 is 11.9 Å². The van der Waals surface area contributed by atoms with Gasteiger partial charge in [-0.2, -0.15) is 0 Å². The molecule has 0 saturated heterocycles. The highest BCUT2D eigenvalue weighted by atomic mass is 16.5. The van der Waals surface area contributed by atoms with E-state index in [0.717, 1.165) is 74.5 Å². The number of aliphatic hydroxyl groups is 2. The summed E-state index contributed by atoms with van der Waals surface area (Å²) in [6.45, 7) is 14.6. The minimum atomic E-state index is -0.748. The molecular weight excluding hydrogens is 673 g/mol. The fraction of sp³-hybridized carbons (Fsp3) is 0.958. The summed E-state index contributed by atoms with van der Waals surface area (Å²) >= 11 is 0. The molecule has 6 heteroatoms. The largest absolute Gasteiger partial charge is 0.481 e. The van der Waals surface area contributed by atoms with Crippen molar-refractivity contribution in [1.82, 2.24) is 0 Å². The molecule has 0 bridgehead atoms. The molecule has 0 aromatic carbocycles. The number of carbonyl (C=O) groups excluding carboxylic acids is 1. The van der Waals surface area contributed by atoms with Crippen LogP contribution >= 0.6 is 0 Å². The van der Waals surface area contributed by atoms with E-state index in [4.69, 9.17) is 4.74 Å². The lowest BCUT2D eigenvalue weighted by molar-refractivity contribution is -0.209. The van der Waals surface area contributed by atoms with Gasteiger partial charge < -0.3 is 20.1 Å². The molecule has 0 heterocycles. The first-order valence-electron chi connectivity index (χ1n) is 23.4. The lowest BCUT2D eigenvalue weighted by atomic mass is 9.43. The number of carbonyl (C=O) groups is 2. The first-order chi connectivity index (χ1) is 25.6. The van der Waals surface area contributed by atoms with Crippen LogP contribution in [0.2, 0.25) is 0 Å². The molecule has 8 saturated carbocycles. The van der Waals surface area contributed by atoms with Crippen LogP contribution in [0.3, 0.4) is 0 Å². The zero-order chi connectivity index (χ0) is 38.4. The van der Waals surface area contributed by atoms with Gasteiger partial charge >= 0.3 is 11.9 Å². The normalized spacial score (nSPS) is 52.0. The maximum absolute atomic E-state index is 13.5. The Bertz CT molecular complexity index is 1400. The third-order valence-electron chi connectivity index (χ3n) is 20.8. The highest BCUT2D eigenvalue weighted by Gasteiger charge is 2.66. The van der Waals surface area contributed by atoms with Crippen molar-refractivity contribution in [1.29, 1.82) is 0 Å². The van der Waals surface area contributed by atoms with E-state index in [0.29, 0.717) is 41.9 Å². The van der Waals surface area contributed by atoms with Gasteiger partial charge in [0.15, 0.2) is 0 Å². The molecule has 8 rings (SSSR count). The molecule has 0 aromatic rings. The Morgan fingerprint density at radius 1 is 0.648 bits per heavy atom. The second-order valence-electron chi connectivity index (χ2n) is 22.5. The summed E-state index contributed by atoms with van der Waals surface area (Å²) < 4.78 is 6.31. The average molecular weight is 751 g/mol. The molecule has 54 heavy (non-hydrogen) atoms. The topological polar surface area (TPSA) is 104 Å². The second kappa shape index (κ2) is 14.6. The molecule has 306 valence electrons. The summed E-state index contributed by atoms with van der Waals surface area (Å²) in [5.41, 5.74) is 0.763. The molecule has 3 N–H and O–H groups in total. The highest BCUT2D eigenvalue weighted by Crippen LogP contribution is 2.70. The van der Waals surface area contributed by atoms with Gasteiger partial charge in [0, 0.05) is 12.8 Å². The van der Waals surface area contributed by atoms with Gasteiger partial charge in [0.25, 0.3) is 0 Å². The Kier molecular flexibility index (Phi) is 10.7. The van der Waals surface area contributed by atoms with Crippen LogP contribution in [-0.2, 0) is 14.3 Å². The second-order valence-corrected chi connectivity index (χ2v) is 22.5. The van der Waals surface area contributed by atoms with Gasteiger partial charge in [-0.05, 0) is 202 Å². The highest BCUT2D eigenvalue weighted by molar-refractivity contribution is 5.69. The van der Waals surface area contributed by atoms with Crippen LogP contribution in [0.5, 0.6) is 0 Å². The third-order valence-corrected chi connectivity index (χ3v) is 20.8. The maximum Gasteiger partial charge on any atom is 0.306 e. The molecule has 8 aliphatic carbocycles. The lowest BCUT2D eigenvalue weighted by Crippen LogP contribution is -2.62. The minimum absolute atomic E-state index is 0.0190. The van der Waals surface area contributed by atoms with Gasteiger partial charge in [0.05, 0.1) is 12.2 Å². The van der Waals surface area contributed by atoms with Gasteiger partial charge in [0.2, 0.25) is 0 Å². The van der Waals surface area contributed by atoms with E-state index in [1.807, 2.05) is 0 Å². The van der Waals surface area contributed by atoms with Crippen molar-refractivity contribution < 1.29 is 29.6 Å². The van der Waals surface area contributed by atoms with Crippen molar-refractivity contribution in [3.8, 4) is 0 Å². The van der Waals surface area contributed by atoms with Crippen LogP contribution in [-0.4, -0.2) is 45.6 Å². The van der Waals surface area contributed by atoms with Crippen LogP contribution < -0.4 is 0 Å². The molecule has 8 aliphatic rings. The van der Waals surface area contributed by atoms with Crippen molar-refractivity contribution in [2.45, 2.75) is 195 Å². The number of rotatable bonds is 9. The Labute approximate surface area is 328 Å². The van der Waals surface area contributed by atoms with Gasteiger partial charge in [-0.3, -0.25) is 9.59 Å². The van der Waals surface area contributed by atoms with Crippen LogP contribution in [0.15, 0.2) is 0 Å². The number of carboxylic acid groups (broad SMARTS) is 1. The molecule has 8 fully saturated rings. The summed E-state index contributed by atoms with van der Waals surface area (Å²) in [6, 6.07) is 0. The van der Waals surface area contributed by atoms with E-state index in [1.165, 1.54) is 64.2 Å². The van der Waals surface area contributed by atoms with E-state index in [2.05, 4.69) is 41.5 Å². The summed E-state index contributed by atoms with van der Waals surface area (Å²) in [5, 5.41) is 33.2. The van der Waals surface area contributed by atoms with E-state index >= 15 is 0 Å². The van der Waals surface area contributed by atoms with Crippen molar-refractivity contribution in [3.63, 3.8) is 0 Å². The van der Waals surface area contributed by atoms with E-state index in [1.54, 1.807) is 0 Å². The molecule has 0 aromatic heterocycles. The number of ether oxygens (including phenoxy) is 1. The fourth-order valence-corrected chi connectivity index (χ4v) is 17.8. The van der Waals surface area contributed by atoms with Crippen LogP contribution in [0.4, 0.5) is 0 Å². The van der Waals surface area contributed by atoms with E-state index in [-0.39, 0.29) is 58.9 Å². The minimum Gasteiger partial charge on any atom is -0.481 e. The molecule has 0 amide bonds. The van der Waals surface area contributed by atoms with Gasteiger partial charge in [-0.1, -0.05) is 54.4 Å². The summed E-state index contributed by atoms with van der Waals surface area (Å²) in [4.78, 5) is 24.9. The Balaban J connectivity index is 0.851. The quantitative estimate of drug-likeness (QED) is 0.203. The number of carboxylic acids is 1. The molecule has 0 aliphatic heterocycles. The third kappa shape index (κ3) is 6.28. The Hall–Kier alpha value is -1.14. The molecule has 6 nitrogen and oxygen atoms in total. The number of esters is 1. The summed E-state index contributed by atoms with van der Waals surface area (Å²) in [5.74, 6) is 5.72. The molecule has 0 spiro atoms. The zero-order valence-corrected chi connectivity index (χ0v) is 35.1. The fourth-order valence-electron chi connectivity index (χ4n) is 17.8.